The van der Waals surface area contributed by atoms with Crippen LogP contribution in [0.15, 0.2) is 262 Å². The predicted molar refractivity (Wildman–Crippen MR) is 438 cm³/mol. The molecule has 670 valence electrons. The third kappa shape index (κ3) is 24.4. The normalized spacial score (nSPS) is 11.7. The van der Waals surface area contributed by atoms with Crippen LogP contribution < -0.4 is 18.9 Å². The summed E-state index contributed by atoms with van der Waals surface area (Å²) in [5.74, 6) is -10.1. The SMILES string of the molecule is COc1ccc(C(=O)O)cc1S(=O)(=O)Cc1cc(C(F)(F)F)ccc1-c1ccc(C#N)cc1.COc1ccc(C(=O)O)cc1S(=O)(=O)Cc1cc(C(F)(F)F)ccc1-c1cccc(F)c1.COc1ccc(C(=O)O)cc1S(=O)(=O)Cc1cc(C(F)(F)F)ccc1-c1ccccc1C#N.COc1ccc(C(=O)O)cc1S(=O)(=O)Cc1cc(C(F)(F)F)ccc1-c1ccncc1. The van der Waals surface area contributed by atoms with E-state index in [1.54, 1.807) is 24.3 Å². The highest BCUT2D eigenvalue weighted by Gasteiger charge is 2.38. The molecule has 0 spiro atoms. The molecule has 0 aliphatic heterocycles. The lowest BCUT2D eigenvalue weighted by Crippen LogP contribution is -2.12. The molecule has 1 heterocycles. The van der Waals surface area contributed by atoms with Gasteiger partial charge in [-0.2, -0.15) is 63.2 Å². The lowest BCUT2D eigenvalue weighted by Gasteiger charge is -2.16. The van der Waals surface area contributed by atoms with Gasteiger partial charge in [0.2, 0.25) is 0 Å². The first-order valence-electron chi connectivity index (χ1n) is 36.4. The van der Waals surface area contributed by atoms with E-state index >= 15 is 0 Å². The summed E-state index contributed by atoms with van der Waals surface area (Å²) in [4.78, 5) is 47.2. The lowest BCUT2D eigenvalue weighted by atomic mass is 9.95. The molecule has 0 unspecified atom stereocenters. The number of pyridine rings is 1. The van der Waals surface area contributed by atoms with E-state index in [0.29, 0.717) is 28.8 Å². The number of nitrogens with zero attached hydrogens (tertiary/aromatic N) is 3. The van der Waals surface area contributed by atoms with Gasteiger partial charge in [0.1, 0.15) is 48.4 Å². The second kappa shape index (κ2) is 40.0. The van der Waals surface area contributed by atoms with Crippen LogP contribution in [0.2, 0.25) is 0 Å². The Labute approximate surface area is 726 Å². The van der Waals surface area contributed by atoms with Crippen LogP contribution in [0.4, 0.5) is 57.1 Å². The number of ether oxygens (including phenoxy) is 4. The van der Waals surface area contributed by atoms with Gasteiger partial charge in [-0.05, 0) is 231 Å². The van der Waals surface area contributed by atoms with Gasteiger partial charge in [-0.25, -0.2) is 57.2 Å². The molecule has 0 bridgehead atoms. The Kier molecular flexibility index (Phi) is 30.5. The minimum atomic E-state index is -4.74. The summed E-state index contributed by atoms with van der Waals surface area (Å²) in [6.07, 6.45) is -16.0. The van der Waals surface area contributed by atoms with Gasteiger partial charge >= 0.3 is 48.6 Å². The molecule has 23 nitrogen and oxygen atoms in total. The van der Waals surface area contributed by atoms with Crippen LogP contribution in [0.1, 0.15) is 97.1 Å². The van der Waals surface area contributed by atoms with Crippen molar-refractivity contribution in [1.29, 1.82) is 10.5 Å². The standard InChI is InChI=1S/2C23H16F3NO5S.C22H16F4O5S.C21H16F3NO5S/c1-32-20-9-6-16(22(28)29)11-21(20)33(30,31)13-17-10-18(23(24,25)26)7-8-19(17)15-4-2-14(12-27)3-5-15;1-32-20-9-6-14(22(28)29)11-21(20)33(30,31)13-16-10-17(23(24,25)26)7-8-19(16)18-5-3-2-4-15(18)12-27;1-31-19-8-5-14(21(27)28)11-20(19)32(29,30)12-15-9-16(22(24,25)26)6-7-18(15)13-3-2-4-17(23)10-13;1-30-18-5-2-14(20(26)27)11-19(18)31(28,29)12-15-10-16(21(22,23)24)3-4-17(15)13-6-8-25-9-7-13/h2*2-11H,13H2,1H3,(H,28,29);2-11H,12H2,1H3,(H,27,28);2-11H,12H2,1H3,(H,26,27). The number of alkyl halides is 12. The molecule has 12 aromatic rings. The highest BCUT2D eigenvalue weighted by molar-refractivity contribution is 7.91. The molecule has 0 aliphatic rings. The van der Waals surface area contributed by atoms with Crippen molar-refractivity contribution in [3.8, 4) is 79.6 Å². The Hall–Kier alpha value is -14.5. The van der Waals surface area contributed by atoms with E-state index in [1.807, 2.05) is 12.1 Å². The molecule has 0 atom stereocenters. The molecule has 0 aliphatic carbocycles. The maximum absolute atomic E-state index is 13.7. The fraction of sp³-hybridized carbons (Fsp3) is 0.135. The summed E-state index contributed by atoms with van der Waals surface area (Å²) < 4.78 is 299. The van der Waals surface area contributed by atoms with Crippen molar-refractivity contribution < 1.29 is 149 Å². The predicted octanol–water partition coefficient (Wildman–Crippen LogP) is 19.5. The molecule has 129 heavy (non-hydrogen) atoms. The van der Waals surface area contributed by atoms with Gasteiger partial charge in [-0.15, -0.1) is 0 Å². The maximum Gasteiger partial charge on any atom is 0.416 e. The molecular formula is C89H64F13N3O20S4. The van der Waals surface area contributed by atoms with Crippen LogP contribution in [-0.2, 0) is 87.1 Å². The minimum absolute atomic E-state index is 0.0921. The van der Waals surface area contributed by atoms with Gasteiger partial charge in [-0.3, -0.25) is 4.98 Å². The molecule has 0 saturated carbocycles. The number of aromatic carboxylic acids is 4. The average molecular weight is 1870 g/mol. The summed E-state index contributed by atoms with van der Waals surface area (Å²) in [6.45, 7) is 0. The molecule has 0 radical (unpaired) electrons. The van der Waals surface area contributed by atoms with Gasteiger partial charge in [0.25, 0.3) is 0 Å². The molecule has 0 amide bonds. The second-order valence-corrected chi connectivity index (χ2v) is 35.1. The quantitative estimate of drug-likeness (QED) is 0.0408. The Morgan fingerprint density at radius 2 is 0.620 bits per heavy atom. The largest absolute Gasteiger partial charge is 0.495 e. The number of hydrogen-bond acceptors (Lipinski definition) is 19. The Balaban J connectivity index is 0.000000194. The molecule has 40 heteroatoms. The summed E-state index contributed by atoms with van der Waals surface area (Å²) in [5.41, 5.74) is -3.51. The third-order valence-electron chi connectivity index (χ3n) is 18.9. The molecule has 1 aromatic heterocycles. The first-order valence-corrected chi connectivity index (χ1v) is 43.0. The van der Waals surface area contributed by atoms with Gasteiger partial charge in [0, 0.05) is 12.4 Å². The van der Waals surface area contributed by atoms with Gasteiger partial charge in [-0.1, -0.05) is 66.7 Å². The van der Waals surface area contributed by atoms with Crippen molar-refractivity contribution >= 4 is 63.2 Å². The summed E-state index contributed by atoms with van der Waals surface area (Å²) in [5, 5.41) is 55.1. The van der Waals surface area contributed by atoms with Crippen molar-refractivity contribution in [1.82, 2.24) is 4.98 Å². The van der Waals surface area contributed by atoms with Crippen LogP contribution >= 0.6 is 0 Å². The van der Waals surface area contributed by atoms with E-state index < -0.39 is 159 Å². The first kappa shape index (κ1) is 98.3. The highest BCUT2D eigenvalue weighted by atomic mass is 32.2. The van der Waals surface area contributed by atoms with E-state index in [-0.39, 0.29) is 106 Å². The maximum atomic E-state index is 13.7. The number of nitriles is 2. The summed E-state index contributed by atoms with van der Waals surface area (Å²) in [7, 11) is -12.6. The van der Waals surface area contributed by atoms with E-state index in [0.717, 1.165) is 115 Å². The van der Waals surface area contributed by atoms with Crippen molar-refractivity contribution in [2.75, 3.05) is 28.4 Å². The Morgan fingerprint density at radius 1 is 0.326 bits per heavy atom. The van der Waals surface area contributed by atoms with Gasteiger partial charge in [0.05, 0.1) is 119 Å². The van der Waals surface area contributed by atoms with Crippen LogP contribution in [-0.4, -0.2) is 111 Å². The number of sulfone groups is 4. The molecule has 0 saturated heterocycles. The number of halogens is 13. The molecule has 0 fully saturated rings. The Bertz CT molecular complexity index is 6880. The Morgan fingerprint density at radius 3 is 0.907 bits per heavy atom. The van der Waals surface area contributed by atoms with Crippen molar-refractivity contribution in [2.45, 2.75) is 67.3 Å². The second-order valence-electron chi connectivity index (χ2n) is 27.3. The fourth-order valence-electron chi connectivity index (χ4n) is 12.7. The minimum Gasteiger partial charge on any atom is -0.495 e. The van der Waals surface area contributed by atoms with Crippen LogP contribution in [0.3, 0.4) is 0 Å². The molecule has 4 N–H and O–H groups in total. The van der Waals surface area contributed by atoms with E-state index in [4.69, 9.17) is 24.2 Å². The van der Waals surface area contributed by atoms with Gasteiger partial charge in [0.15, 0.2) is 39.3 Å². The van der Waals surface area contributed by atoms with Crippen LogP contribution in [0.5, 0.6) is 23.0 Å². The monoisotopic (exact) mass is 1870 g/mol. The summed E-state index contributed by atoms with van der Waals surface area (Å²) in [6, 6.07) is 47.7. The number of rotatable bonds is 24. The van der Waals surface area contributed by atoms with Crippen molar-refractivity contribution in [3.05, 3.63) is 327 Å². The lowest BCUT2D eigenvalue weighted by molar-refractivity contribution is -0.138. The number of carboxylic acid groups (broad SMARTS) is 4. The average Bonchev–Trinajstić information content (AvgIpc) is 0.781. The van der Waals surface area contributed by atoms with E-state index in [9.17, 15) is 136 Å². The van der Waals surface area contributed by atoms with Crippen molar-refractivity contribution in [2.24, 2.45) is 0 Å². The van der Waals surface area contributed by atoms with E-state index in [2.05, 4.69) is 4.98 Å². The zero-order chi connectivity index (χ0) is 95.3. The molecular weight excluding hydrogens is 1810 g/mol. The number of methoxy groups -OCH3 is 4. The molecule has 12 rings (SSSR count). The zero-order valence-corrected chi connectivity index (χ0v) is 69.9. The smallest absolute Gasteiger partial charge is 0.416 e. The highest BCUT2D eigenvalue weighted by Crippen LogP contribution is 2.43. The number of hydrogen-bond donors (Lipinski definition) is 4. The number of aromatic nitrogens is 1. The summed E-state index contributed by atoms with van der Waals surface area (Å²) >= 11 is 0. The van der Waals surface area contributed by atoms with Crippen molar-refractivity contribution in [3.63, 3.8) is 0 Å². The first-order chi connectivity index (χ1) is 60.4. The number of benzene rings is 11. The van der Waals surface area contributed by atoms with Gasteiger partial charge < -0.3 is 39.4 Å². The fourth-order valence-corrected chi connectivity index (χ4v) is 19.0. The third-order valence-corrected chi connectivity index (χ3v) is 25.6. The zero-order valence-electron chi connectivity index (χ0n) is 66.6. The number of carbonyl (C=O) groups is 4. The topological polar surface area (TPSA) is 383 Å². The number of carboxylic acids is 4. The molecule has 11 aromatic carbocycles. The van der Waals surface area contributed by atoms with Crippen LogP contribution in [0.25, 0.3) is 44.5 Å². The van der Waals surface area contributed by atoms with Crippen LogP contribution in [0, 0.1) is 28.5 Å². The van der Waals surface area contributed by atoms with E-state index in [1.165, 1.54) is 120 Å².